The van der Waals surface area contributed by atoms with E-state index in [4.69, 9.17) is 4.42 Å². The van der Waals surface area contributed by atoms with Gasteiger partial charge in [0.2, 0.25) is 5.89 Å². The summed E-state index contributed by atoms with van der Waals surface area (Å²) >= 11 is 0. The second kappa shape index (κ2) is 4.30. The van der Waals surface area contributed by atoms with Gasteiger partial charge in [-0.15, -0.1) is 0 Å². The summed E-state index contributed by atoms with van der Waals surface area (Å²) in [6, 6.07) is 15.4. The monoisotopic (exact) mass is 263 g/mol. The Kier molecular flexibility index (Phi) is 2.46. The molecule has 3 aromatic rings. The lowest BCUT2D eigenvalue weighted by Crippen LogP contribution is -2.03. The Labute approximate surface area is 115 Å². The molecule has 1 aliphatic carbocycles. The second-order valence-electron chi connectivity index (χ2n) is 5.22. The third kappa shape index (κ3) is 1.92. The van der Waals surface area contributed by atoms with Gasteiger partial charge in [0.1, 0.15) is 0 Å². The van der Waals surface area contributed by atoms with Gasteiger partial charge in [0, 0.05) is 5.56 Å². The fourth-order valence-corrected chi connectivity index (χ4v) is 2.46. The molecule has 0 aliphatic heterocycles. The number of fused-ring (bicyclic) bond motifs is 1. The van der Waals surface area contributed by atoms with Crippen LogP contribution in [0.5, 0.6) is 0 Å². The zero-order valence-corrected chi connectivity index (χ0v) is 10.9. The average Bonchev–Trinajstić information content (AvgIpc) is 3.32. The van der Waals surface area contributed by atoms with Crippen molar-refractivity contribution in [3.8, 4) is 11.5 Å². The summed E-state index contributed by atoms with van der Waals surface area (Å²) in [7, 11) is 0. The van der Waals surface area contributed by atoms with Gasteiger partial charge in [0.05, 0.1) is 10.9 Å². The van der Waals surface area contributed by atoms with E-state index >= 15 is 0 Å². The molecule has 98 valence electrons. The summed E-state index contributed by atoms with van der Waals surface area (Å²) in [5, 5.41) is 0.578. The smallest absolute Gasteiger partial charge is 0.347 e. The summed E-state index contributed by atoms with van der Waals surface area (Å²) in [5.41, 5.74) is 2.43. The van der Waals surface area contributed by atoms with Gasteiger partial charge >= 0.3 is 5.63 Å². The molecule has 0 atom stereocenters. The molecular formula is C17H13NO2. The van der Waals surface area contributed by atoms with Crippen molar-refractivity contribution in [3.63, 3.8) is 0 Å². The van der Waals surface area contributed by atoms with Crippen LogP contribution in [0.25, 0.3) is 22.4 Å². The van der Waals surface area contributed by atoms with Crippen molar-refractivity contribution < 1.29 is 4.42 Å². The van der Waals surface area contributed by atoms with Gasteiger partial charge in [-0.25, -0.2) is 9.78 Å². The van der Waals surface area contributed by atoms with Gasteiger partial charge in [-0.2, -0.15) is 0 Å². The van der Waals surface area contributed by atoms with Crippen molar-refractivity contribution in [1.82, 2.24) is 4.98 Å². The maximum atomic E-state index is 12.2. The van der Waals surface area contributed by atoms with Crippen molar-refractivity contribution in [2.45, 2.75) is 18.8 Å². The van der Waals surface area contributed by atoms with Gasteiger partial charge in [-0.05, 0) is 48.6 Å². The molecule has 2 aromatic carbocycles. The van der Waals surface area contributed by atoms with Crippen molar-refractivity contribution in [3.05, 3.63) is 64.5 Å². The van der Waals surface area contributed by atoms with Gasteiger partial charge in [-0.3, -0.25) is 0 Å². The van der Waals surface area contributed by atoms with Crippen LogP contribution in [-0.2, 0) is 0 Å². The summed E-state index contributed by atoms with van der Waals surface area (Å²) in [6.07, 6.45) is 2.43. The zero-order valence-electron chi connectivity index (χ0n) is 10.9. The third-order valence-electron chi connectivity index (χ3n) is 3.72. The van der Waals surface area contributed by atoms with Gasteiger partial charge < -0.3 is 4.42 Å². The zero-order chi connectivity index (χ0) is 13.5. The van der Waals surface area contributed by atoms with E-state index in [2.05, 4.69) is 11.1 Å². The number of benzene rings is 2. The van der Waals surface area contributed by atoms with E-state index < -0.39 is 0 Å². The first kappa shape index (κ1) is 11.4. The molecule has 0 bridgehead atoms. The largest absolute Gasteiger partial charge is 0.403 e. The molecule has 3 nitrogen and oxygen atoms in total. The molecule has 0 amide bonds. The third-order valence-corrected chi connectivity index (χ3v) is 3.72. The SMILES string of the molecule is O=c1oc(-c2ccccc2)nc2ccc(C3CC3)cc12. The van der Waals surface area contributed by atoms with Crippen molar-refractivity contribution in [2.24, 2.45) is 0 Å². The molecule has 3 heteroatoms. The van der Waals surface area contributed by atoms with E-state index in [1.807, 2.05) is 42.5 Å². The Morgan fingerprint density at radius 1 is 1.05 bits per heavy atom. The normalized spacial score (nSPS) is 14.6. The van der Waals surface area contributed by atoms with E-state index in [-0.39, 0.29) is 5.63 Å². The van der Waals surface area contributed by atoms with E-state index in [0.29, 0.717) is 22.7 Å². The van der Waals surface area contributed by atoms with Gasteiger partial charge in [-0.1, -0.05) is 24.3 Å². The Balaban J connectivity index is 1.90. The highest BCUT2D eigenvalue weighted by atomic mass is 16.4. The van der Waals surface area contributed by atoms with Crippen LogP contribution in [0.1, 0.15) is 24.3 Å². The van der Waals surface area contributed by atoms with Crippen molar-refractivity contribution in [1.29, 1.82) is 0 Å². The summed E-state index contributed by atoms with van der Waals surface area (Å²) in [6.45, 7) is 0. The topological polar surface area (TPSA) is 43.1 Å². The second-order valence-corrected chi connectivity index (χ2v) is 5.22. The molecular weight excluding hydrogens is 250 g/mol. The van der Waals surface area contributed by atoms with Crippen molar-refractivity contribution in [2.75, 3.05) is 0 Å². The minimum atomic E-state index is -0.309. The standard InChI is InChI=1S/C17H13NO2/c19-17-14-10-13(11-6-7-11)8-9-15(14)18-16(20-17)12-4-2-1-3-5-12/h1-5,8-11H,6-7H2. The molecule has 1 aromatic heterocycles. The first-order valence-electron chi connectivity index (χ1n) is 6.81. The summed E-state index contributed by atoms with van der Waals surface area (Å²) in [5.74, 6) is 0.995. The average molecular weight is 263 g/mol. The molecule has 1 heterocycles. The van der Waals surface area contributed by atoms with Gasteiger partial charge in [0.15, 0.2) is 0 Å². The predicted molar refractivity (Wildman–Crippen MR) is 77.7 cm³/mol. The maximum Gasteiger partial charge on any atom is 0.347 e. The summed E-state index contributed by atoms with van der Waals surface area (Å²) in [4.78, 5) is 16.6. The number of hydrogen-bond donors (Lipinski definition) is 0. The number of aromatic nitrogens is 1. The summed E-state index contributed by atoms with van der Waals surface area (Å²) < 4.78 is 5.37. The Morgan fingerprint density at radius 3 is 2.60 bits per heavy atom. The van der Waals surface area contributed by atoms with Crippen LogP contribution in [0.15, 0.2) is 57.7 Å². The Bertz CT molecular complexity index is 832. The number of nitrogens with zero attached hydrogens (tertiary/aromatic N) is 1. The van der Waals surface area contributed by atoms with Crippen LogP contribution < -0.4 is 5.63 Å². The van der Waals surface area contributed by atoms with E-state index in [1.54, 1.807) is 0 Å². The van der Waals surface area contributed by atoms with Crippen LogP contribution in [0.3, 0.4) is 0 Å². The molecule has 0 unspecified atom stereocenters. The number of hydrogen-bond acceptors (Lipinski definition) is 3. The number of rotatable bonds is 2. The first-order chi connectivity index (χ1) is 9.81. The minimum absolute atomic E-state index is 0.309. The predicted octanol–water partition coefficient (Wildman–Crippen LogP) is 3.73. The van der Waals surface area contributed by atoms with E-state index in [9.17, 15) is 4.79 Å². The van der Waals surface area contributed by atoms with Crippen LogP contribution >= 0.6 is 0 Å². The van der Waals surface area contributed by atoms with Gasteiger partial charge in [0.25, 0.3) is 0 Å². The Hall–Kier alpha value is -2.42. The lowest BCUT2D eigenvalue weighted by atomic mass is 10.1. The molecule has 1 saturated carbocycles. The molecule has 20 heavy (non-hydrogen) atoms. The first-order valence-corrected chi connectivity index (χ1v) is 6.81. The quantitative estimate of drug-likeness (QED) is 0.707. The molecule has 4 rings (SSSR count). The minimum Gasteiger partial charge on any atom is -0.403 e. The highest BCUT2D eigenvalue weighted by molar-refractivity contribution is 5.79. The fourth-order valence-electron chi connectivity index (χ4n) is 2.46. The highest BCUT2D eigenvalue weighted by Gasteiger charge is 2.24. The maximum absolute atomic E-state index is 12.2. The molecule has 0 radical (unpaired) electrons. The molecule has 1 fully saturated rings. The van der Waals surface area contributed by atoms with Crippen LogP contribution in [-0.4, -0.2) is 4.98 Å². The van der Waals surface area contributed by atoms with E-state index in [0.717, 1.165) is 5.56 Å². The molecule has 0 saturated heterocycles. The fraction of sp³-hybridized carbons (Fsp3) is 0.176. The molecule has 0 N–H and O–H groups in total. The lowest BCUT2D eigenvalue weighted by Gasteiger charge is -2.03. The highest BCUT2D eigenvalue weighted by Crippen LogP contribution is 2.40. The molecule has 0 spiro atoms. The Morgan fingerprint density at radius 2 is 1.85 bits per heavy atom. The van der Waals surface area contributed by atoms with E-state index in [1.165, 1.54) is 18.4 Å². The molecule has 1 aliphatic rings. The van der Waals surface area contributed by atoms with Crippen LogP contribution in [0.2, 0.25) is 0 Å². The van der Waals surface area contributed by atoms with Crippen molar-refractivity contribution >= 4 is 10.9 Å². The van der Waals surface area contributed by atoms with Crippen LogP contribution in [0.4, 0.5) is 0 Å². The van der Waals surface area contributed by atoms with Crippen LogP contribution in [0, 0.1) is 0 Å². The lowest BCUT2D eigenvalue weighted by molar-refractivity contribution is 0.518.